The van der Waals surface area contributed by atoms with Crippen molar-refractivity contribution in [3.8, 4) is 0 Å². The van der Waals surface area contributed by atoms with Gasteiger partial charge in [-0.25, -0.2) is 0 Å². The molecule has 0 saturated carbocycles. The Balaban J connectivity index is 1.49. The second kappa shape index (κ2) is 11.7. The summed E-state index contributed by atoms with van der Waals surface area (Å²) in [4.78, 5) is 25.6. The third kappa shape index (κ3) is 5.83. The molecule has 7 nitrogen and oxygen atoms in total. The third-order valence-corrected chi connectivity index (χ3v) is 6.69. The van der Waals surface area contributed by atoms with E-state index in [0.717, 1.165) is 16.5 Å². The molecule has 0 unspecified atom stereocenters. The van der Waals surface area contributed by atoms with Gasteiger partial charge in [-0.1, -0.05) is 86.3 Å². The van der Waals surface area contributed by atoms with Crippen molar-refractivity contribution in [3.05, 3.63) is 96.8 Å². The van der Waals surface area contributed by atoms with Crippen LogP contribution in [0, 0.1) is 5.92 Å². The Morgan fingerprint density at radius 3 is 2.47 bits per heavy atom. The van der Waals surface area contributed by atoms with Crippen LogP contribution in [0.5, 0.6) is 0 Å². The SMILES string of the molecule is C=CCn1c(SCC(=O)Nc2cccc3ccccc23)nnc1[C@H](NC(=O)c1ccccc1)C(C)C. The number of anilines is 1. The van der Waals surface area contributed by atoms with Crippen molar-refractivity contribution in [3.63, 3.8) is 0 Å². The van der Waals surface area contributed by atoms with Gasteiger partial charge in [-0.15, -0.1) is 16.8 Å². The minimum Gasteiger partial charge on any atom is -0.342 e. The number of amides is 2. The van der Waals surface area contributed by atoms with Gasteiger partial charge in [-0.3, -0.25) is 9.59 Å². The van der Waals surface area contributed by atoms with Gasteiger partial charge in [0.1, 0.15) is 0 Å². The summed E-state index contributed by atoms with van der Waals surface area (Å²) >= 11 is 1.30. The standard InChI is InChI=1S/C28H29N5O2S/c1-4-17-33-26(25(19(2)3)30-27(35)21-12-6-5-7-13-21)31-32-28(33)36-18-24(34)29-23-16-10-14-20-11-8-9-15-22(20)23/h4-16,19,25H,1,17-18H2,2-3H3,(H,29,34)(H,30,35)/t25-/m1/s1. The maximum absolute atomic E-state index is 12.8. The molecule has 2 amide bonds. The predicted octanol–water partition coefficient (Wildman–Crippen LogP) is 5.48. The van der Waals surface area contributed by atoms with E-state index in [0.29, 0.717) is 23.1 Å². The number of nitrogens with zero attached hydrogens (tertiary/aromatic N) is 3. The van der Waals surface area contributed by atoms with E-state index in [1.54, 1.807) is 18.2 Å². The van der Waals surface area contributed by atoms with Crippen LogP contribution in [0.4, 0.5) is 5.69 Å². The summed E-state index contributed by atoms with van der Waals surface area (Å²) < 4.78 is 1.90. The van der Waals surface area contributed by atoms with Crippen molar-refractivity contribution < 1.29 is 9.59 Å². The molecule has 1 atom stereocenters. The molecule has 1 heterocycles. The molecule has 3 aromatic carbocycles. The van der Waals surface area contributed by atoms with E-state index in [9.17, 15) is 9.59 Å². The van der Waals surface area contributed by atoms with Gasteiger partial charge >= 0.3 is 0 Å². The summed E-state index contributed by atoms with van der Waals surface area (Å²) in [5.41, 5.74) is 1.35. The normalized spacial score (nSPS) is 11.9. The number of allylic oxidation sites excluding steroid dienone is 1. The molecule has 2 N–H and O–H groups in total. The first kappa shape index (κ1) is 25.2. The zero-order valence-corrected chi connectivity index (χ0v) is 21.2. The van der Waals surface area contributed by atoms with Gasteiger partial charge in [-0.2, -0.15) is 0 Å². The Labute approximate surface area is 215 Å². The van der Waals surface area contributed by atoms with Crippen LogP contribution in [0.1, 0.15) is 36.1 Å². The fourth-order valence-corrected chi connectivity index (χ4v) is 4.69. The quantitative estimate of drug-likeness (QED) is 0.223. The van der Waals surface area contributed by atoms with Gasteiger partial charge in [0.2, 0.25) is 5.91 Å². The van der Waals surface area contributed by atoms with Crippen molar-refractivity contribution in [1.29, 1.82) is 0 Å². The first-order valence-electron chi connectivity index (χ1n) is 11.8. The Bertz CT molecular complexity index is 1360. The van der Waals surface area contributed by atoms with Crippen molar-refractivity contribution in [1.82, 2.24) is 20.1 Å². The lowest BCUT2D eigenvalue weighted by atomic mass is 10.0. The molecular formula is C28H29N5O2S. The highest BCUT2D eigenvalue weighted by Crippen LogP contribution is 2.27. The van der Waals surface area contributed by atoms with E-state index < -0.39 is 0 Å². The molecule has 0 fully saturated rings. The lowest BCUT2D eigenvalue weighted by Crippen LogP contribution is -2.33. The van der Waals surface area contributed by atoms with E-state index in [1.165, 1.54) is 11.8 Å². The molecule has 0 saturated heterocycles. The molecule has 0 aliphatic rings. The second-order valence-corrected chi connectivity index (χ2v) is 9.61. The van der Waals surface area contributed by atoms with Gasteiger partial charge in [0.05, 0.1) is 11.8 Å². The molecule has 0 aliphatic carbocycles. The molecule has 0 spiro atoms. The highest BCUT2D eigenvalue weighted by atomic mass is 32.2. The van der Waals surface area contributed by atoms with Gasteiger partial charge in [-0.05, 0) is 29.5 Å². The highest BCUT2D eigenvalue weighted by Gasteiger charge is 2.26. The fourth-order valence-electron chi connectivity index (χ4n) is 3.93. The summed E-state index contributed by atoms with van der Waals surface area (Å²) in [5.74, 6) is 0.556. The monoisotopic (exact) mass is 499 g/mol. The minimum atomic E-state index is -0.357. The minimum absolute atomic E-state index is 0.0675. The molecule has 8 heteroatoms. The van der Waals surface area contributed by atoms with Crippen LogP contribution in [0.15, 0.2) is 90.6 Å². The van der Waals surface area contributed by atoms with Gasteiger partial charge in [0.25, 0.3) is 5.91 Å². The smallest absolute Gasteiger partial charge is 0.251 e. The van der Waals surface area contributed by atoms with E-state index >= 15 is 0 Å². The van der Waals surface area contributed by atoms with Crippen LogP contribution in [0.25, 0.3) is 10.8 Å². The first-order valence-corrected chi connectivity index (χ1v) is 12.8. The van der Waals surface area contributed by atoms with Crippen molar-refractivity contribution in [2.24, 2.45) is 5.92 Å². The number of thioether (sulfide) groups is 1. The van der Waals surface area contributed by atoms with E-state index in [1.807, 2.05) is 79.1 Å². The Morgan fingerprint density at radius 2 is 1.72 bits per heavy atom. The van der Waals surface area contributed by atoms with Crippen molar-refractivity contribution >= 4 is 40.0 Å². The maximum atomic E-state index is 12.8. The van der Waals surface area contributed by atoms with Crippen LogP contribution in [-0.4, -0.2) is 32.3 Å². The number of fused-ring (bicyclic) bond motifs is 1. The van der Waals surface area contributed by atoms with Gasteiger partial charge in [0.15, 0.2) is 11.0 Å². The zero-order chi connectivity index (χ0) is 25.5. The summed E-state index contributed by atoms with van der Waals surface area (Å²) in [6.07, 6.45) is 1.75. The van der Waals surface area contributed by atoms with Crippen molar-refractivity contribution in [2.75, 3.05) is 11.1 Å². The number of carbonyl (C=O) groups is 2. The first-order chi connectivity index (χ1) is 17.5. The lowest BCUT2D eigenvalue weighted by Gasteiger charge is -2.22. The molecule has 4 aromatic rings. The molecule has 0 aliphatic heterocycles. The Morgan fingerprint density at radius 1 is 1.00 bits per heavy atom. The van der Waals surface area contributed by atoms with Gasteiger partial charge < -0.3 is 15.2 Å². The molecule has 184 valence electrons. The number of nitrogens with one attached hydrogen (secondary N) is 2. The summed E-state index contributed by atoms with van der Waals surface area (Å²) in [5, 5.41) is 17.5. The maximum Gasteiger partial charge on any atom is 0.251 e. The number of hydrogen-bond acceptors (Lipinski definition) is 5. The average molecular weight is 500 g/mol. The molecule has 0 radical (unpaired) electrons. The third-order valence-electron chi connectivity index (χ3n) is 5.72. The average Bonchev–Trinajstić information content (AvgIpc) is 3.28. The summed E-state index contributed by atoms with van der Waals surface area (Å²) in [7, 11) is 0. The molecule has 4 rings (SSSR count). The molecular weight excluding hydrogens is 470 g/mol. The number of rotatable bonds is 10. The van der Waals surface area contributed by atoms with Crippen molar-refractivity contribution in [2.45, 2.75) is 31.6 Å². The van der Waals surface area contributed by atoms with E-state index in [4.69, 9.17) is 0 Å². The molecule has 1 aromatic heterocycles. The topological polar surface area (TPSA) is 88.9 Å². The predicted molar refractivity (Wildman–Crippen MR) is 145 cm³/mol. The van der Waals surface area contributed by atoms with Crippen LogP contribution >= 0.6 is 11.8 Å². The Hall–Kier alpha value is -3.91. The van der Waals surface area contributed by atoms with Crippen LogP contribution in [0.3, 0.4) is 0 Å². The van der Waals surface area contributed by atoms with E-state index in [-0.39, 0.29) is 29.5 Å². The van der Waals surface area contributed by atoms with Crippen LogP contribution < -0.4 is 10.6 Å². The van der Waals surface area contributed by atoms with Gasteiger partial charge in [0, 0.05) is 23.2 Å². The Kier molecular flexibility index (Phi) is 8.17. The number of aromatic nitrogens is 3. The zero-order valence-electron chi connectivity index (χ0n) is 20.3. The number of hydrogen-bond donors (Lipinski definition) is 2. The number of benzene rings is 3. The highest BCUT2D eigenvalue weighted by molar-refractivity contribution is 7.99. The summed E-state index contributed by atoms with van der Waals surface area (Å²) in [6, 6.07) is 22.5. The fraction of sp³-hybridized carbons (Fsp3) is 0.214. The van der Waals surface area contributed by atoms with Crippen LogP contribution in [0.2, 0.25) is 0 Å². The molecule has 0 bridgehead atoms. The summed E-state index contributed by atoms with van der Waals surface area (Å²) in [6.45, 7) is 8.36. The number of carbonyl (C=O) groups excluding carboxylic acids is 2. The lowest BCUT2D eigenvalue weighted by molar-refractivity contribution is -0.113. The van der Waals surface area contributed by atoms with E-state index in [2.05, 4.69) is 27.4 Å². The largest absolute Gasteiger partial charge is 0.342 e. The second-order valence-electron chi connectivity index (χ2n) is 8.66. The van der Waals surface area contributed by atoms with Crippen LogP contribution in [-0.2, 0) is 11.3 Å². The molecule has 36 heavy (non-hydrogen) atoms.